The summed E-state index contributed by atoms with van der Waals surface area (Å²) in [7, 11) is 1.50. The number of amides is 1. The van der Waals surface area contributed by atoms with Crippen LogP contribution in [0.2, 0.25) is 0 Å². The van der Waals surface area contributed by atoms with Crippen molar-refractivity contribution in [2.45, 2.75) is 26.0 Å². The number of ketones is 1. The largest absolute Gasteiger partial charge is 0.497 e. The quantitative estimate of drug-likeness (QED) is 0.326. The van der Waals surface area contributed by atoms with Gasteiger partial charge in [-0.05, 0) is 24.6 Å². The van der Waals surface area contributed by atoms with Crippen LogP contribution >= 0.6 is 0 Å². The van der Waals surface area contributed by atoms with E-state index in [1.165, 1.54) is 12.0 Å². The third-order valence-electron chi connectivity index (χ3n) is 5.68. The maximum absolute atomic E-state index is 13.4. The van der Waals surface area contributed by atoms with E-state index in [9.17, 15) is 19.2 Å². The number of Topliss-reactive ketones (excluding diaryl/α,β-unsaturated/α-hetero) is 1. The van der Waals surface area contributed by atoms with Crippen LogP contribution in [0.15, 0.2) is 54.6 Å². The lowest BCUT2D eigenvalue weighted by atomic mass is 9.83. The summed E-state index contributed by atoms with van der Waals surface area (Å²) >= 11 is 0. The molecule has 0 N–H and O–H groups in total. The van der Waals surface area contributed by atoms with Gasteiger partial charge in [-0.2, -0.15) is 0 Å². The lowest BCUT2D eigenvalue weighted by Gasteiger charge is -2.25. The van der Waals surface area contributed by atoms with E-state index in [4.69, 9.17) is 14.2 Å². The number of benzene rings is 2. The number of esters is 1. The lowest BCUT2D eigenvalue weighted by Crippen LogP contribution is -2.44. The zero-order valence-electron chi connectivity index (χ0n) is 18.6. The molecule has 3 atom stereocenters. The minimum atomic E-state index is -1.10. The standard InChI is InChI=1S/C25H27NO7/c1-3-32-24(29)22-20(12-13-27)21(23(28)18-10-7-11-19(14-18)31-2)15-26(22)25(30)33-16-17-8-5-4-6-9-17/h4-11,13-14,20-22H,3,12,15-16H2,1-2H3/t20-,21-,22-/m0/s1. The molecule has 0 bridgehead atoms. The normalized spacial score (nSPS) is 19.6. The van der Waals surface area contributed by atoms with Gasteiger partial charge in [-0.3, -0.25) is 9.69 Å². The van der Waals surface area contributed by atoms with Crippen molar-refractivity contribution in [1.82, 2.24) is 4.90 Å². The molecule has 2 aromatic rings. The Hall–Kier alpha value is -3.68. The topological polar surface area (TPSA) is 99.2 Å². The molecule has 0 radical (unpaired) electrons. The van der Waals surface area contributed by atoms with Crippen LogP contribution in [0.1, 0.15) is 29.3 Å². The number of ether oxygens (including phenoxy) is 3. The Kier molecular flexibility index (Phi) is 8.18. The highest BCUT2D eigenvalue weighted by Crippen LogP contribution is 2.36. The summed E-state index contributed by atoms with van der Waals surface area (Å²) in [5, 5.41) is 0. The Labute approximate surface area is 192 Å². The van der Waals surface area contributed by atoms with Crippen molar-refractivity contribution in [3.8, 4) is 5.75 Å². The summed E-state index contributed by atoms with van der Waals surface area (Å²) in [6, 6.07) is 14.6. The second-order valence-electron chi connectivity index (χ2n) is 7.66. The summed E-state index contributed by atoms with van der Waals surface area (Å²) in [4.78, 5) is 51.8. The maximum Gasteiger partial charge on any atom is 0.410 e. The summed E-state index contributed by atoms with van der Waals surface area (Å²) in [5.74, 6) is -1.95. The third-order valence-corrected chi connectivity index (χ3v) is 5.68. The highest BCUT2D eigenvalue weighted by molar-refractivity contribution is 6.00. The SMILES string of the molecule is CCOC(=O)[C@@H]1[C@@H](CC=O)[C@@H](C(=O)c2cccc(OC)c2)CN1C(=O)OCc1ccccc1. The highest BCUT2D eigenvalue weighted by atomic mass is 16.6. The molecule has 33 heavy (non-hydrogen) atoms. The fourth-order valence-electron chi connectivity index (χ4n) is 4.10. The van der Waals surface area contributed by atoms with Crippen LogP contribution in [0.25, 0.3) is 0 Å². The van der Waals surface area contributed by atoms with Gasteiger partial charge in [0.25, 0.3) is 0 Å². The van der Waals surface area contributed by atoms with E-state index in [-0.39, 0.29) is 32.0 Å². The number of hydrogen-bond acceptors (Lipinski definition) is 7. The number of hydrogen-bond donors (Lipinski definition) is 0. The molecule has 1 heterocycles. The highest BCUT2D eigenvalue weighted by Gasteiger charge is 2.51. The van der Waals surface area contributed by atoms with Crippen LogP contribution in [-0.4, -0.2) is 55.3 Å². The van der Waals surface area contributed by atoms with Gasteiger partial charge in [0, 0.05) is 30.4 Å². The van der Waals surface area contributed by atoms with E-state index in [1.807, 2.05) is 30.3 Å². The predicted octanol–water partition coefficient (Wildman–Crippen LogP) is 3.28. The minimum Gasteiger partial charge on any atom is -0.497 e. The smallest absolute Gasteiger partial charge is 0.410 e. The Morgan fingerprint density at radius 1 is 1.06 bits per heavy atom. The van der Waals surface area contributed by atoms with Gasteiger partial charge in [0.2, 0.25) is 0 Å². The van der Waals surface area contributed by atoms with E-state index >= 15 is 0 Å². The van der Waals surface area contributed by atoms with Crippen molar-refractivity contribution in [3.05, 3.63) is 65.7 Å². The second kappa shape index (κ2) is 11.3. The van der Waals surface area contributed by atoms with Gasteiger partial charge >= 0.3 is 12.1 Å². The Bertz CT molecular complexity index is 991. The molecule has 1 aliphatic rings. The van der Waals surface area contributed by atoms with E-state index in [1.54, 1.807) is 31.2 Å². The zero-order valence-corrected chi connectivity index (χ0v) is 18.6. The molecule has 1 fully saturated rings. The van der Waals surface area contributed by atoms with Crippen LogP contribution in [0, 0.1) is 11.8 Å². The molecule has 8 heteroatoms. The average Bonchev–Trinajstić information content (AvgIpc) is 3.22. The van der Waals surface area contributed by atoms with Crippen molar-refractivity contribution in [3.63, 3.8) is 0 Å². The molecule has 2 aromatic carbocycles. The molecule has 0 saturated carbocycles. The molecule has 174 valence electrons. The molecule has 3 rings (SSSR count). The monoisotopic (exact) mass is 453 g/mol. The van der Waals surface area contributed by atoms with E-state index < -0.39 is 29.9 Å². The number of aldehydes is 1. The first kappa shape index (κ1) is 24.0. The van der Waals surface area contributed by atoms with Crippen molar-refractivity contribution in [2.24, 2.45) is 11.8 Å². The number of likely N-dealkylation sites (tertiary alicyclic amines) is 1. The van der Waals surface area contributed by atoms with Crippen molar-refractivity contribution >= 4 is 24.1 Å². The Morgan fingerprint density at radius 3 is 2.48 bits per heavy atom. The lowest BCUT2D eigenvalue weighted by molar-refractivity contribution is -0.149. The zero-order chi connectivity index (χ0) is 23.8. The van der Waals surface area contributed by atoms with Gasteiger partial charge in [0.1, 0.15) is 24.7 Å². The maximum atomic E-state index is 13.4. The summed E-state index contributed by atoms with van der Waals surface area (Å²) in [6.45, 7) is 1.70. The molecule has 0 aromatic heterocycles. The first-order chi connectivity index (χ1) is 16.0. The first-order valence-corrected chi connectivity index (χ1v) is 10.8. The van der Waals surface area contributed by atoms with Crippen molar-refractivity contribution in [2.75, 3.05) is 20.3 Å². The molecule has 0 aliphatic carbocycles. The van der Waals surface area contributed by atoms with Gasteiger partial charge in [-0.15, -0.1) is 0 Å². The fourth-order valence-corrected chi connectivity index (χ4v) is 4.10. The molecular formula is C25H27NO7. The summed E-state index contributed by atoms with van der Waals surface area (Å²) in [5.41, 5.74) is 1.16. The van der Waals surface area contributed by atoms with Gasteiger partial charge < -0.3 is 19.0 Å². The van der Waals surface area contributed by atoms with Crippen LogP contribution in [0.4, 0.5) is 4.79 Å². The molecule has 1 saturated heterocycles. The average molecular weight is 453 g/mol. The van der Waals surface area contributed by atoms with E-state index in [0.29, 0.717) is 17.6 Å². The van der Waals surface area contributed by atoms with Crippen LogP contribution in [-0.2, 0) is 25.7 Å². The van der Waals surface area contributed by atoms with Crippen molar-refractivity contribution < 1.29 is 33.4 Å². The predicted molar refractivity (Wildman–Crippen MR) is 119 cm³/mol. The van der Waals surface area contributed by atoms with Crippen molar-refractivity contribution in [1.29, 1.82) is 0 Å². The minimum absolute atomic E-state index is 0.0125. The van der Waals surface area contributed by atoms with Crippen LogP contribution in [0.3, 0.4) is 0 Å². The molecular weight excluding hydrogens is 426 g/mol. The van der Waals surface area contributed by atoms with Gasteiger partial charge in [0.05, 0.1) is 13.7 Å². The van der Waals surface area contributed by atoms with Gasteiger partial charge in [-0.1, -0.05) is 42.5 Å². The van der Waals surface area contributed by atoms with Crippen LogP contribution in [0.5, 0.6) is 5.75 Å². The van der Waals surface area contributed by atoms with Gasteiger partial charge in [0.15, 0.2) is 5.78 Å². The fraction of sp³-hybridized carbons (Fsp3) is 0.360. The Morgan fingerprint density at radius 2 is 1.82 bits per heavy atom. The second-order valence-corrected chi connectivity index (χ2v) is 7.66. The number of carbonyl (C=O) groups is 4. The molecule has 1 amide bonds. The summed E-state index contributed by atoms with van der Waals surface area (Å²) < 4.78 is 15.8. The van der Waals surface area contributed by atoms with E-state index in [0.717, 1.165) is 5.56 Å². The van der Waals surface area contributed by atoms with E-state index in [2.05, 4.69) is 0 Å². The molecule has 1 aliphatic heterocycles. The number of carbonyl (C=O) groups excluding carboxylic acids is 4. The third kappa shape index (κ3) is 5.58. The van der Waals surface area contributed by atoms with Crippen LogP contribution < -0.4 is 4.74 Å². The summed E-state index contributed by atoms with van der Waals surface area (Å²) in [6.07, 6.45) is -0.165. The Balaban J connectivity index is 1.88. The molecule has 0 spiro atoms. The first-order valence-electron chi connectivity index (χ1n) is 10.8. The molecule has 8 nitrogen and oxygen atoms in total. The molecule has 0 unspecified atom stereocenters. The van der Waals surface area contributed by atoms with Gasteiger partial charge in [-0.25, -0.2) is 9.59 Å². The number of methoxy groups -OCH3 is 1. The number of rotatable bonds is 9. The number of nitrogens with zero attached hydrogens (tertiary/aromatic N) is 1.